The lowest BCUT2D eigenvalue weighted by atomic mass is 9.85. The van der Waals surface area contributed by atoms with Crippen molar-refractivity contribution >= 4 is 29.1 Å². The van der Waals surface area contributed by atoms with E-state index in [1.54, 1.807) is 11.1 Å². The number of carbonyl (C=O) groups excluding carboxylic acids is 1. The quantitative estimate of drug-likeness (QED) is 0.526. The second-order valence-electron chi connectivity index (χ2n) is 10.9. The van der Waals surface area contributed by atoms with Crippen LogP contribution in [0.3, 0.4) is 0 Å². The molecule has 1 amide bonds. The smallest absolute Gasteiger partial charge is 0.225 e. The molecule has 3 aliphatic heterocycles. The minimum absolute atomic E-state index is 0.00243. The van der Waals surface area contributed by atoms with E-state index in [-0.39, 0.29) is 29.7 Å². The molecule has 208 valence electrons. The normalized spacial score (nSPS) is 29.5. The summed E-state index contributed by atoms with van der Waals surface area (Å²) in [7, 11) is 0. The lowest BCUT2D eigenvalue weighted by molar-refractivity contribution is -0.135. The Hall–Kier alpha value is -3.25. The maximum Gasteiger partial charge on any atom is 0.225 e. The van der Waals surface area contributed by atoms with Gasteiger partial charge in [0.15, 0.2) is 11.6 Å². The number of rotatable bonds is 5. The highest BCUT2D eigenvalue weighted by atomic mass is 19.1. The summed E-state index contributed by atoms with van der Waals surface area (Å²) in [5, 5.41) is 16.3. The van der Waals surface area contributed by atoms with E-state index in [1.165, 1.54) is 0 Å². The van der Waals surface area contributed by atoms with Crippen LogP contribution >= 0.6 is 0 Å². The van der Waals surface area contributed by atoms with Gasteiger partial charge in [-0.3, -0.25) is 4.79 Å². The van der Waals surface area contributed by atoms with Gasteiger partial charge in [0.2, 0.25) is 11.9 Å². The minimum Gasteiger partial charge on any atom is -0.391 e. The largest absolute Gasteiger partial charge is 0.391 e. The molecule has 3 fully saturated rings. The molecule has 9 nitrogen and oxygen atoms in total. The maximum atomic E-state index is 14.4. The third-order valence-electron chi connectivity index (χ3n) is 8.21. The maximum absolute atomic E-state index is 14.4. The fourth-order valence-electron chi connectivity index (χ4n) is 6.13. The lowest BCUT2D eigenvalue weighted by Crippen LogP contribution is -2.38. The van der Waals surface area contributed by atoms with Gasteiger partial charge in [-0.05, 0) is 44.4 Å². The average Bonchev–Trinajstić information content (AvgIpc) is 3.66. The Morgan fingerprint density at radius 3 is 2.56 bits per heavy atom. The zero-order valence-electron chi connectivity index (χ0n) is 21.4. The van der Waals surface area contributed by atoms with Gasteiger partial charge < -0.3 is 25.4 Å². The Labute approximate surface area is 223 Å². The molecule has 0 spiro atoms. The van der Waals surface area contributed by atoms with Crippen LogP contribution in [-0.2, 0) is 9.53 Å². The molecule has 39 heavy (non-hydrogen) atoms. The summed E-state index contributed by atoms with van der Waals surface area (Å²) in [6, 6.07) is 1.32. The molecule has 4 heterocycles. The molecule has 2 aromatic rings. The van der Waals surface area contributed by atoms with Crippen LogP contribution in [0.1, 0.15) is 50.1 Å². The van der Waals surface area contributed by atoms with E-state index in [2.05, 4.69) is 20.6 Å². The zero-order chi connectivity index (χ0) is 27.1. The molecule has 1 aromatic carbocycles. The highest BCUT2D eigenvalue weighted by molar-refractivity contribution is 6.07. The Bertz CT molecular complexity index is 1260. The number of hydrogen-bond acceptors (Lipinski definition) is 7. The number of benzene rings is 1. The minimum atomic E-state index is -1.08. The van der Waals surface area contributed by atoms with E-state index in [0.717, 1.165) is 32.1 Å². The predicted octanol–water partition coefficient (Wildman–Crippen LogP) is 3.73. The molecule has 4 aliphatic rings. The number of aromatic nitrogens is 2. The van der Waals surface area contributed by atoms with Crippen LogP contribution in [0.25, 0.3) is 0 Å². The topological polar surface area (TPSA) is 112 Å². The number of β-amino-alcohol motifs (C(OH)–C–C–N with tert-alkyl or cyclic N) is 1. The predicted molar refractivity (Wildman–Crippen MR) is 137 cm³/mol. The summed E-state index contributed by atoms with van der Waals surface area (Å²) in [6.07, 6.45) is 5.67. The molecule has 1 aromatic heterocycles. The van der Waals surface area contributed by atoms with E-state index in [0.29, 0.717) is 68.0 Å². The number of anilines is 2. The Kier molecular flexibility index (Phi) is 7.15. The molecule has 1 unspecified atom stereocenters. The van der Waals surface area contributed by atoms with Crippen LogP contribution < -0.4 is 10.6 Å². The first-order chi connectivity index (χ1) is 18.9. The number of amides is 1. The number of carbonyl (C=O) groups is 1. The summed E-state index contributed by atoms with van der Waals surface area (Å²) in [6.45, 7) is 2.07. The van der Waals surface area contributed by atoms with Crippen molar-refractivity contribution in [1.29, 1.82) is 0 Å². The molecular weight excluding hydrogens is 513 g/mol. The lowest BCUT2D eigenvalue weighted by Gasteiger charge is -2.31. The molecular formula is C27H31F3N6O3. The first kappa shape index (κ1) is 26.0. The Morgan fingerprint density at radius 1 is 1.13 bits per heavy atom. The van der Waals surface area contributed by atoms with Gasteiger partial charge >= 0.3 is 0 Å². The molecule has 6 rings (SSSR count). The number of aliphatic hydroxyl groups excluding tert-OH is 1. The standard InChI is InChI=1S/C27H31F3N6O3/c28-16-9-19(29)23(20(30)10-16)34-25-22(15-6-8-39-13-15)24-21(33-25)11-31-27(35-24)32-17-3-1-14(2-4-17)26(38)36-7-5-18(37)12-36/h9-11,14-15,17-18,22,37H,1-8,12-13H2,(H,33,34)(H,31,32,35)/t14?,15-,17?,18+,22?/m0/s1. The van der Waals surface area contributed by atoms with Gasteiger partial charge in [-0.1, -0.05) is 0 Å². The van der Waals surface area contributed by atoms with Crippen LogP contribution in [-0.4, -0.2) is 70.2 Å². The van der Waals surface area contributed by atoms with Crippen LogP contribution in [0.2, 0.25) is 0 Å². The van der Waals surface area contributed by atoms with Crippen molar-refractivity contribution in [3.8, 4) is 0 Å². The second kappa shape index (κ2) is 10.7. The molecule has 0 radical (unpaired) electrons. The van der Waals surface area contributed by atoms with Crippen molar-refractivity contribution in [2.45, 2.75) is 56.6 Å². The summed E-state index contributed by atoms with van der Waals surface area (Å²) in [4.78, 5) is 28.0. The van der Waals surface area contributed by atoms with Gasteiger partial charge in [-0.15, -0.1) is 0 Å². The van der Waals surface area contributed by atoms with Crippen molar-refractivity contribution in [3.05, 3.63) is 41.5 Å². The summed E-state index contributed by atoms with van der Waals surface area (Å²) in [5.74, 6) is -2.70. The number of nitrogens with one attached hydrogen (secondary N) is 2. The van der Waals surface area contributed by atoms with Crippen LogP contribution in [0, 0.1) is 29.3 Å². The highest BCUT2D eigenvalue weighted by Crippen LogP contribution is 2.41. The van der Waals surface area contributed by atoms with E-state index in [4.69, 9.17) is 9.72 Å². The summed E-state index contributed by atoms with van der Waals surface area (Å²) < 4.78 is 47.8. The molecule has 12 heteroatoms. The van der Waals surface area contributed by atoms with Gasteiger partial charge in [0, 0.05) is 43.8 Å². The average molecular weight is 545 g/mol. The van der Waals surface area contributed by atoms with Crippen molar-refractivity contribution in [2.24, 2.45) is 16.8 Å². The van der Waals surface area contributed by atoms with Gasteiger partial charge in [-0.2, -0.15) is 0 Å². The first-order valence-electron chi connectivity index (χ1n) is 13.5. The molecule has 2 saturated heterocycles. The number of nitrogens with zero attached hydrogens (tertiary/aromatic N) is 4. The Morgan fingerprint density at radius 2 is 1.90 bits per heavy atom. The SMILES string of the molecule is O=C(C1CCC(Nc2ncc3c(n2)C([C@H]2CCOC2)C(=Nc2c(F)cc(F)cc2F)N3)CC1)N1CC[C@@H](O)C1. The number of likely N-dealkylation sites (tertiary alicyclic amines) is 1. The third-order valence-corrected chi connectivity index (χ3v) is 8.21. The first-order valence-corrected chi connectivity index (χ1v) is 13.5. The van der Waals surface area contributed by atoms with E-state index < -0.39 is 29.2 Å². The number of hydrogen-bond donors (Lipinski definition) is 3. The van der Waals surface area contributed by atoms with Crippen LogP contribution in [0.4, 0.5) is 30.5 Å². The van der Waals surface area contributed by atoms with E-state index >= 15 is 0 Å². The number of ether oxygens (including phenoxy) is 1. The van der Waals surface area contributed by atoms with E-state index in [9.17, 15) is 23.1 Å². The molecule has 1 saturated carbocycles. The molecule has 3 N–H and O–H groups in total. The molecule has 0 bridgehead atoms. The fraction of sp³-hybridized carbons (Fsp3) is 0.556. The van der Waals surface area contributed by atoms with Gasteiger partial charge in [-0.25, -0.2) is 28.1 Å². The zero-order valence-corrected chi connectivity index (χ0v) is 21.4. The highest BCUT2D eigenvalue weighted by Gasteiger charge is 2.40. The van der Waals surface area contributed by atoms with Crippen molar-refractivity contribution < 1.29 is 27.8 Å². The third kappa shape index (κ3) is 5.31. The van der Waals surface area contributed by atoms with Crippen molar-refractivity contribution in [1.82, 2.24) is 14.9 Å². The number of fused-ring (bicyclic) bond motifs is 1. The Balaban J connectivity index is 1.18. The number of aliphatic imine (C=N–C) groups is 1. The number of amidine groups is 1. The molecule has 3 atom stereocenters. The fourth-order valence-corrected chi connectivity index (χ4v) is 6.13. The van der Waals surface area contributed by atoms with Crippen molar-refractivity contribution in [2.75, 3.05) is 36.9 Å². The van der Waals surface area contributed by atoms with Crippen LogP contribution in [0.15, 0.2) is 23.3 Å². The van der Waals surface area contributed by atoms with Gasteiger partial charge in [0.25, 0.3) is 0 Å². The van der Waals surface area contributed by atoms with E-state index in [1.807, 2.05) is 0 Å². The monoisotopic (exact) mass is 544 g/mol. The van der Waals surface area contributed by atoms with Crippen molar-refractivity contribution in [3.63, 3.8) is 0 Å². The van der Waals surface area contributed by atoms with Gasteiger partial charge in [0.1, 0.15) is 17.3 Å². The van der Waals surface area contributed by atoms with Crippen LogP contribution in [0.5, 0.6) is 0 Å². The number of halogens is 3. The summed E-state index contributed by atoms with van der Waals surface area (Å²) in [5.41, 5.74) is 0.707. The van der Waals surface area contributed by atoms with Gasteiger partial charge in [0.05, 0.1) is 36.2 Å². The second-order valence-corrected chi connectivity index (χ2v) is 10.9. The summed E-state index contributed by atoms with van der Waals surface area (Å²) >= 11 is 0. The number of aliphatic hydroxyl groups is 1. The molecule has 1 aliphatic carbocycles.